The van der Waals surface area contributed by atoms with Gasteiger partial charge in [0.15, 0.2) is 0 Å². The molecule has 0 amide bonds. The molecule has 0 bridgehead atoms. The van der Waals surface area contributed by atoms with Crippen LogP contribution in [0.4, 0.5) is 0 Å². The Labute approximate surface area is 104 Å². The fourth-order valence-electron chi connectivity index (χ4n) is 2.50. The van der Waals surface area contributed by atoms with Crippen molar-refractivity contribution < 1.29 is 18.9 Å². The maximum absolute atomic E-state index is 2.42. The molecule has 0 aliphatic heterocycles. The van der Waals surface area contributed by atoms with Crippen molar-refractivity contribution in [2.24, 2.45) is 0 Å². The van der Waals surface area contributed by atoms with E-state index in [1.165, 1.54) is 19.3 Å². The van der Waals surface area contributed by atoms with Gasteiger partial charge in [-0.3, -0.25) is 0 Å². The van der Waals surface area contributed by atoms with Gasteiger partial charge in [0.05, 0.1) is 0 Å². The van der Waals surface area contributed by atoms with Crippen LogP contribution < -0.4 is 18.9 Å². The van der Waals surface area contributed by atoms with Gasteiger partial charge in [-0.2, -0.15) is 0 Å². The molecule has 0 aromatic rings. The van der Waals surface area contributed by atoms with Crippen LogP contribution in [-0.2, 0) is 0 Å². The fourth-order valence-corrected chi connectivity index (χ4v) is 2.50. The topological polar surface area (TPSA) is 0 Å². The standard InChI is InChI=1S/C12H27B.Li/c1-7-10(4)13(11(5)8-2)12(6)9-3;/h10-12H,7-9H2,1-6H3;/q;+1. The summed E-state index contributed by atoms with van der Waals surface area (Å²) < 4.78 is 0. The van der Waals surface area contributed by atoms with Crippen LogP contribution >= 0.6 is 0 Å². The third-order valence-electron chi connectivity index (χ3n) is 3.90. The van der Waals surface area contributed by atoms with Crippen molar-refractivity contribution in [1.82, 2.24) is 0 Å². The van der Waals surface area contributed by atoms with Gasteiger partial charge in [-0.1, -0.05) is 78.3 Å². The Morgan fingerprint density at radius 2 is 0.929 bits per heavy atom. The molecule has 0 aromatic heterocycles. The van der Waals surface area contributed by atoms with Crippen molar-refractivity contribution in [3.05, 3.63) is 0 Å². The van der Waals surface area contributed by atoms with Crippen molar-refractivity contribution in [3.8, 4) is 0 Å². The zero-order valence-corrected chi connectivity index (χ0v) is 11.4. The van der Waals surface area contributed by atoms with Crippen LogP contribution in [0.3, 0.4) is 0 Å². The smallest absolute Gasteiger partial charge is 0.0691 e. The summed E-state index contributed by atoms with van der Waals surface area (Å²) in [7, 11) is 0. The molecule has 0 N–H and O–H groups in total. The molecular formula is C12H27BLi+. The first-order valence-electron chi connectivity index (χ1n) is 6.08. The Balaban J connectivity index is 0. The van der Waals surface area contributed by atoms with Crippen LogP contribution in [0.25, 0.3) is 0 Å². The maximum atomic E-state index is 2.42. The Morgan fingerprint density at radius 1 is 0.714 bits per heavy atom. The Hall–Kier alpha value is 0.662. The van der Waals surface area contributed by atoms with E-state index in [4.69, 9.17) is 0 Å². The summed E-state index contributed by atoms with van der Waals surface area (Å²) >= 11 is 0. The van der Waals surface area contributed by atoms with E-state index in [0.29, 0.717) is 0 Å². The molecule has 3 atom stereocenters. The molecule has 0 aliphatic rings. The number of hydrogen-bond acceptors (Lipinski definition) is 0. The van der Waals surface area contributed by atoms with Gasteiger partial charge in [0.1, 0.15) is 6.71 Å². The van der Waals surface area contributed by atoms with Crippen LogP contribution in [0.5, 0.6) is 0 Å². The minimum Gasteiger partial charge on any atom is -0.0691 e. The van der Waals surface area contributed by atoms with E-state index >= 15 is 0 Å². The summed E-state index contributed by atoms with van der Waals surface area (Å²) in [6.45, 7) is 15.2. The third-order valence-corrected chi connectivity index (χ3v) is 3.90. The maximum Gasteiger partial charge on any atom is 1.00 e. The molecule has 0 spiro atoms. The molecular weight excluding hydrogens is 162 g/mol. The molecule has 0 aromatic carbocycles. The van der Waals surface area contributed by atoms with E-state index < -0.39 is 0 Å². The largest absolute Gasteiger partial charge is 1.00 e. The SMILES string of the molecule is CCC(C)B(C(C)CC)C(C)CC.[Li+]. The molecule has 0 nitrogen and oxygen atoms in total. The molecule has 0 saturated heterocycles. The molecule has 3 unspecified atom stereocenters. The summed E-state index contributed by atoms with van der Waals surface area (Å²) in [5.74, 6) is 2.68. The van der Waals surface area contributed by atoms with Gasteiger partial charge in [0, 0.05) is 0 Å². The van der Waals surface area contributed by atoms with Crippen molar-refractivity contribution >= 4 is 6.71 Å². The molecule has 0 heterocycles. The molecule has 0 saturated carbocycles. The van der Waals surface area contributed by atoms with Crippen LogP contribution in [-0.4, -0.2) is 6.71 Å². The molecule has 14 heavy (non-hydrogen) atoms. The first-order chi connectivity index (χ1) is 6.08. The molecule has 0 radical (unpaired) electrons. The summed E-state index contributed by atoms with van der Waals surface area (Å²) in [6.07, 6.45) is 4.00. The predicted molar refractivity (Wildman–Crippen MR) is 64.9 cm³/mol. The Kier molecular flexibility index (Phi) is 10.9. The minimum atomic E-state index is 0. The Morgan fingerprint density at radius 3 is 1.07 bits per heavy atom. The van der Waals surface area contributed by atoms with E-state index in [9.17, 15) is 0 Å². The number of hydrogen-bond donors (Lipinski definition) is 0. The van der Waals surface area contributed by atoms with E-state index in [2.05, 4.69) is 41.5 Å². The fraction of sp³-hybridized carbons (Fsp3) is 1.00. The van der Waals surface area contributed by atoms with Crippen LogP contribution in [0, 0.1) is 0 Å². The summed E-state index contributed by atoms with van der Waals surface area (Å²) in [5, 5.41) is 0. The average Bonchev–Trinajstić information content (AvgIpc) is 2.16. The quantitative estimate of drug-likeness (QED) is 0.559. The van der Waals surface area contributed by atoms with Crippen LogP contribution in [0.2, 0.25) is 17.5 Å². The van der Waals surface area contributed by atoms with E-state index in [1.54, 1.807) is 0 Å². The predicted octanol–water partition coefficient (Wildman–Crippen LogP) is 1.89. The summed E-state index contributed by atoms with van der Waals surface area (Å²) in [4.78, 5) is 0. The van der Waals surface area contributed by atoms with Gasteiger partial charge >= 0.3 is 18.9 Å². The molecule has 0 rings (SSSR count). The molecule has 0 aliphatic carbocycles. The monoisotopic (exact) mass is 189 g/mol. The van der Waals surface area contributed by atoms with E-state index in [-0.39, 0.29) is 18.9 Å². The van der Waals surface area contributed by atoms with Crippen molar-refractivity contribution in [1.29, 1.82) is 0 Å². The van der Waals surface area contributed by atoms with Crippen molar-refractivity contribution in [2.45, 2.75) is 78.3 Å². The summed E-state index contributed by atoms with van der Waals surface area (Å²) in [6, 6.07) is 0. The molecule has 78 valence electrons. The Bertz CT molecular complexity index is 104. The van der Waals surface area contributed by atoms with Gasteiger partial charge in [0.25, 0.3) is 0 Å². The van der Waals surface area contributed by atoms with Crippen LogP contribution in [0.15, 0.2) is 0 Å². The van der Waals surface area contributed by atoms with Crippen molar-refractivity contribution in [3.63, 3.8) is 0 Å². The van der Waals surface area contributed by atoms with Gasteiger partial charge in [-0.25, -0.2) is 0 Å². The van der Waals surface area contributed by atoms with Gasteiger partial charge in [-0.15, -0.1) is 0 Å². The normalized spacial score (nSPS) is 16.7. The van der Waals surface area contributed by atoms with Crippen molar-refractivity contribution in [2.75, 3.05) is 0 Å². The average molecular weight is 189 g/mol. The minimum absolute atomic E-state index is 0. The first kappa shape index (κ1) is 17.1. The first-order valence-corrected chi connectivity index (χ1v) is 6.08. The van der Waals surface area contributed by atoms with Gasteiger partial charge in [-0.05, 0) is 0 Å². The molecule has 0 fully saturated rings. The van der Waals surface area contributed by atoms with Gasteiger partial charge < -0.3 is 0 Å². The second-order valence-corrected chi connectivity index (χ2v) is 4.73. The van der Waals surface area contributed by atoms with Crippen LogP contribution in [0.1, 0.15) is 60.8 Å². The number of rotatable bonds is 6. The van der Waals surface area contributed by atoms with E-state index in [0.717, 1.165) is 24.2 Å². The van der Waals surface area contributed by atoms with Gasteiger partial charge in [0.2, 0.25) is 0 Å². The summed E-state index contributed by atoms with van der Waals surface area (Å²) in [5.41, 5.74) is 0. The zero-order valence-electron chi connectivity index (χ0n) is 11.4. The second-order valence-electron chi connectivity index (χ2n) is 4.73. The third kappa shape index (κ3) is 4.94. The second kappa shape index (κ2) is 8.93. The molecule has 2 heteroatoms. The zero-order chi connectivity index (χ0) is 10.4. The van der Waals surface area contributed by atoms with E-state index in [1.807, 2.05) is 0 Å².